The second kappa shape index (κ2) is 8.09. The summed E-state index contributed by atoms with van der Waals surface area (Å²) in [5.41, 5.74) is 1.44. The molecule has 1 nitrogen and oxygen atoms in total. The predicted octanol–water partition coefficient (Wildman–Crippen LogP) is 4.16. The third-order valence-electron chi connectivity index (χ3n) is 2.84. The minimum absolute atomic E-state index is 0.323. The van der Waals surface area contributed by atoms with Crippen molar-refractivity contribution < 1.29 is 4.79 Å². The van der Waals surface area contributed by atoms with Crippen LogP contribution >= 0.6 is 0 Å². The maximum absolute atomic E-state index is 10.7. The molecule has 0 aliphatic carbocycles. The summed E-state index contributed by atoms with van der Waals surface area (Å²) in [5, 5.41) is 0. The molecule has 0 atom stereocenters. The summed E-state index contributed by atoms with van der Waals surface area (Å²) < 4.78 is 0. The van der Waals surface area contributed by atoms with Gasteiger partial charge in [0.05, 0.1) is 0 Å². The molecule has 1 rings (SSSR count). The number of hydrogen-bond acceptors (Lipinski definition) is 1. The fraction of sp³-hybridized carbons (Fsp3) is 0.533. The highest BCUT2D eigenvalue weighted by Gasteiger charge is 1.95. The van der Waals surface area contributed by atoms with Gasteiger partial charge in [0.1, 0.15) is 5.78 Å². The van der Waals surface area contributed by atoms with Crippen molar-refractivity contribution in [3.05, 3.63) is 35.9 Å². The van der Waals surface area contributed by atoms with Gasteiger partial charge in [-0.15, -0.1) is 0 Å². The van der Waals surface area contributed by atoms with E-state index >= 15 is 0 Å². The Morgan fingerprint density at radius 2 is 1.56 bits per heavy atom. The second-order valence-corrected chi connectivity index (χ2v) is 4.46. The molecule has 1 aromatic rings. The van der Waals surface area contributed by atoms with Crippen molar-refractivity contribution in [2.75, 3.05) is 0 Å². The molecule has 0 N–H and O–H groups in total. The molecule has 0 spiro atoms. The predicted molar refractivity (Wildman–Crippen MR) is 68.5 cm³/mol. The summed E-state index contributed by atoms with van der Waals surface area (Å²) in [6, 6.07) is 10.6. The van der Waals surface area contributed by atoms with Crippen LogP contribution in [0.2, 0.25) is 0 Å². The van der Waals surface area contributed by atoms with Crippen LogP contribution in [0.1, 0.15) is 51.0 Å². The molecule has 0 amide bonds. The number of unbranched alkanes of at least 4 members (excludes halogenated alkanes) is 4. The quantitative estimate of drug-likeness (QED) is 0.599. The van der Waals surface area contributed by atoms with Gasteiger partial charge in [0.2, 0.25) is 0 Å². The van der Waals surface area contributed by atoms with Gasteiger partial charge in [0, 0.05) is 6.42 Å². The van der Waals surface area contributed by atoms with E-state index in [1.54, 1.807) is 6.92 Å². The molecule has 0 aliphatic rings. The van der Waals surface area contributed by atoms with Crippen molar-refractivity contribution in [3.63, 3.8) is 0 Å². The van der Waals surface area contributed by atoms with E-state index in [-0.39, 0.29) is 0 Å². The van der Waals surface area contributed by atoms with Gasteiger partial charge >= 0.3 is 0 Å². The summed E-state index contributed by atoms with van der Waals surface area (Å²) in [5.74, 6) is 0.323. The van der Waals surface area contributed by atoms with E-state index in [9.17, 15) is 4.79 Å². The molecular formula is C15H22O. The first-order valence-electron chi connectivity index (χ1n) is 6.32. The van der Waals surface area contributed by atoms with E-state index < -0.39 is 0 Å². The average molecular weight is 218 g/mol. The van der Waals surface area contributed by atoms with Crippen LogP contribution < -0.4 is 0 Å². The van der Waals surface area contributed by atoms with Crippen molar-refractivity contribution >= 4 is 5.78 Å². The Bertz CT molecular complexity index is 290. The van der Waals surface area contributed by atoms with Gasteiger partial charge < -0.3 is 4.79 Å². The van der Waals surface area contributed by atoms with Crippen molar-refractivity contribution in [1.29, 1.82) is 0 Å². The van der Waals surface area contributed by atoms with Crippen molar-refractivity contribution in [2.24, 2.45) is 0 Å². The van der Waals surface area contributed by atoms with Crippen molar-refractivity contribution in [1.82, 2.24) is 0 Å². The van der Waals surface area contributed by atoms with Crippen LogP contribution in [-0.2, 0) is 11.2 Å². The lowest BCUT2D eigenvalue weighted by Gasteiger charge is -2.01. The Morgan fingerprint density at radius 1 is 0.938 bits per heavy atom. The fourth-order valence-corrected chi connectivity index (χ4v) is 1.88. The summed E-state index contributed by atoms with van der Waals surface area (Å²) in [6.45, 7) is 1.68. The third kappa shape index (κ3) is 6.39. The standard InChI is InChI=1S/C15H22O/c1-14(16)10-6-3-2-4-7-11-15-12-8-5-9-13-15/h5,8-9,12-13H,2-4,6-7,10-11H2,1H3. The molecule has 88 valence electrons. The second-order valence-electron chi connectivity index (χ2n) is 4.46. The van der Waals surface area contributed by atoms with Crippen LogP contribution in [0.5, 0.6) is 0 Å². The van der Waals surface area contributed by atoms with Crippen LogP contribution in [0.15, 0.2) is 30.3 Å². The van der Waals surface area contributed by atoms with Gasteiger partial charge in [-0.25, -0.2) is 0 Å². The van der Waals surface area contributed by atoms with Crippen LogP contribution in [0.3, 0.4) is 0 Å². The summed E-state index contributed by atoms with van der Waals surface area (Å²) >= 11 is 0. The number of ketones is 1. The molecular weight excluding hydrogens is 196 g/mol. The van der Waals surface area contributed by atoms with Crippen LogP contribution in [0.4, 0.5) is 0 Å². The van der Waals surface area contributed by atoms with Crippen molar-refractivity contribution in [3.8, 4) is 0 Å². The molecule has 0 radical (unpaired) electrons. The Balaban J connectivity index is 1.94. The lowest BCUT2D eigenvalue weighted by Crippen LogP contribution is -1.90. The molecule has 0 saturated carbocycles. The molecule has 1 aromatic carbocycles. The number of benzene rings is 1. The van der Waals surface area contributed by atoms with Crippen molar-refractivity contribution in [2.45, 2.75) is 51.9 Å². The Labute approximate surface area is 98.9 Å². The Hall–Kier alpha value is -1.11. The van der Waals surface area contributed by atoms with E-state index in [4.69, 9.17) is 0 Å². The highest BCUT2D eigenvalue weighted by molar-refractivity contribution is 5.75. The first-order chi connectivity index (χ1) is 7.79. The largest absolute Gasteiger partial charge is 0.300 e. The molecule has 0 aromatic heterocycles. The van der Waals surface area contributed by atoms with E-state index in [0.717, 1.165) is 12.8 Å². The zero-order valence-corrected chi connectivity index (χ0v) is 10.2. The number of carbonyl (C=O) groups excluding carboxylic acids is 1. The van der Waals surface area contributed by atoms with E-state index in [0.29, 0.717) is 5.78 Å². The Kier molecular flexibility index (Phi) is 6.55. The van der Waals surface area contributed by atoms with Crippen LogP contribution in [0.25, 0.3) is 0 Å². The third-order valence-corrected chi connectivity index (χ3v) is 2.84. The summed E-state index contributed by atoms with van der Waals surface area (Å²) in [4.78, 5) is 10.7. The maximum atomic E-state index is 10.7. The molecule has 0 fully saturated rings. The number of aryl methyl sites for hydroxylation is 1. The number of Topliss-reactive ketones (excluding diaryl/α,β-unsaturated/α-hetero) is 1. The SMILES string of the molecule is CC(=O)CCCCCCCc1ccccc1. The molecule has 0 unspecified atom stereocenters. The fourth-order valence-electron chi connectivity index (χ4n) is 1.88. The van der Waals surface area contributed by atoms with E-state index in [1.807, 2.05) is 0 Å². The normalized spacial score (nSPS) is 10.3. The highest BCUT2D eigenvalue weighted by atomic mass is 16.1. The topological polar surface area (TPSA) is 17.1 Å². The molecule has 0 aliphatic heterocycles. The first-order valence-corrected chi connectivity index (χ1v) is 6.32. The zero-order valence-electron chi connectivity index (χ0n) is 10.2. The first kappa shape index (κ1) is 13.0. The minimum atomic E-state index is 0.323. The molecule has 1 heteroatoms. The summed E-state index contributed by atoms with van der Waals surface area (Å²) in [6.07, 6.45) is 8.04. The minimum Gasteiger partial charge on any atom is -0.300 e. The Morgan fingerprint density at radius 3 is 2.25 bits per heavy atom. The van der Waals surface area contributed by atoms with Gasteiger partial charge in [0.25, 0.3) is 0 Å². The lowest BCUT2D eigenvalue weighted by molar-refractivity contribution is -0.117. The molecule has 0 saturated heterocycles. The van der Waals surface area contributed by atoms with Gasteiger partial charge in [-0.2, -0.15) is 0 Å². The monoisotopic (exact) mass is 218 g/mol. The smallest absolute Gasteiger partial charge is 0.129 e. The molecule has 16 heavy (non-hydrogen) atoms. The van der Waals surface area contributed by atoms with Gasteiger partial charge in [-0.1, -0.05) is 49.6 Å². The van der Waals surface area contributed by atoms with E-state index in [1.165, 1.54) is 37.7 Å². The highest BCUT2D eigenvalue weighted by Crippen LogP contribution is 2.09. The van der Waals surface area contributed by atoms with Gasteiger partial charge in [0.15, 0.2) is 0 Å². The number of rotatable bonds is 8. The average Bonchev–Trinajstić information content (AvgIpc) is 2.29. The zero-order chi connectivity index (χ0) is 11.6. The maximum Gasteiger partial charge on any atom is 0.129 e. The molecule has 0 heterocycles. The van der Waals surface area contributed by atoms with Gasteiger partial charge in [-0.3, -0.25) is 0 Å². The lowest BCUT2D eigenvalue weighted by atomic mass is 10.0. The molecule has 0 bridgehead atoms. The summed E-state index contributed by atoms with van der Waals surface area (Å²) in [7, 11) is 0. The number of carbonyl (C=O) groups is 1. The van der Waals surface area contributed by atoms with Crippen LogP contribution in [-0.4, -0.2) is 5.78 Å². The van der Waals surface area contributed by atoms with Crippen LogP contribution in [0, 0.1) is 0 Å². The van der Waals surface area contributed by atoms with Gasteiger partial charge in [-0.05, 0) is 31.7 Å². The number of hydrogen-bond donors (Lipinski definition) is 0. The van der Waals surface area contributed by atoms with E-state index in [2.05, 4.69) is 30.3 Å².